The molecule has 0 amide bonds. The molecule has 2 aliphatic heterocycles. The molecule has 2 aliphatic rings. The minimum absolute atomic E-state index is 0.149. The quantitative estimate of drug-likeness (QED) is 0.856. The van der Waals surface area contributed by atoms with E-state index in [9.17, 15) is 13.2 Å². The van der Waals surface area contributed by atoms with Gasteiger partial charge in [-0.15, -0.1) is 0 Å². The summed E-state index contributed by atoms with van der Waals surface area (Å²) < 4.78 is 36.5. The summed E-state index contributed by atoms with van der Waals surface area (Å²) in [5, 5.41) is 2.53. The smallest absolute Gasteiger partial charge is 0.307 e. The SMILES string of the molecule is CC(CNCC(F)(F)F)N1CC2CCCCN2CC1C. The van der Waals surface area contributed by atoms with Crippen molar-refractivity contribution in [2.24, 2.45) is 0 Å². The van der Waals surface area contributed by atoms with Gasteiger partial charge in [0.1, 0.15) is 0 Å². The summed E-state index contributed by atoms with van der Waals surface area (Å²) in [5.74, 6) is 0. The first-order chi connectivity index (χ1) is 9.37. The first kappa shape index (κ1) is 16.0. The van der Waals surface area contributed by atoms with E-state index < -0.39 is 12.7 Å². The second-order valence-corrected chi connectivity index (χ2v) is 6.29. The fourth-order valence-electron chi connectivity index (χ4n) is 3.53. The van der Waals surface area contributed by atoms with Gasteiger partial charge in [-0.3, -0.25) is 9.80 Å². The molecule has 3 nitrogen and oxygen atoms in total. The molecule has 2 rings (SSSR count). The molecular weight excluding hydrogens is 267 g/mol. The van der Waals surface area contributed by atoms with Crippen LogP contribution in [0.4, 0.5) is 13.2 Å². The van der Waals surface area contributed by atoms with Crippen LogP contribution in [0.15, 0.2) is 0 Å². The van der Waals surface area contributed by atoms with Crippen molar-refractivity contribution in [3.8, 4) is 0 Å². The Labute approximate surface area is 119 Å². The Hall–Kier alpha value is -0.330. The predicted octanol–water partition coefficient (Wildman–Crippen LogP) is 2.09. The molecule has 2 fully saturated rings. The lowest BCUT2D eigenvalue weighted by Gasteiger charge is -2.49. The molecule has 1 N–H and O–H groups in total. The number of rotatable bonds is 4. The molecule has 118 valence electrons. The number of hydrogen-bond acceptors (Lipinski definition) is 3. The van der Waals surface area contributed by atoms with Gasteiger partial charge in [0.25, 0.3) is 0 Å². The Morgan fingerprint density at radius 2 is 2.00 bits per heavy atom. The minimum atomic E-state index is -4.12. The standard InChI is InChI=1S/C14H26F3N3/c1-11(7-18-10-14(15,16)17)20-9-13-5-3-4-6-19(13)8-12(20)2/h11-13,18H,3-10H2,1-2H3. The molecule has 0 spiro atoms. The van der Waals surface area contributed by atoms with Gasteiger partial charge in [-0.1, -0.05) is 6.42 Å². The predicted molar refractivity (Wildman–Crippen MR) is 73.8 cm³/mol. The van der Waals surface area contributed by atoms with E-state index in [0.717, 1.165) is 13.1 Å². The minimum Gasteiger partial charge on any atom is -0.307 e. The van der Waals surface area contributed by atoms with E-state index in [2.05, 4.69) is 22.0 Å². The number of fused-ring (bicyclic) bond motifs is 1. The van der Waals surface area contributed by atoms with E-state index in [1.165, 1.54) is 25.8 Å². The zero-order chi connectivity index (χ0) is 14.8. The average Bonchev–Trinajstić information content (AvgIpc) is 2.36. The van der Waals surface area contributed by atoms with Crippen LogP contribution in [0.1, 0.15) is 33.1 Å². The van der Waals surface area contributed by atoms with Gasteiger partial charge in [-0.2, -0.15) is 13.2 Å². The summed E-state index contributed by atoms with van der Waals surface area (Å²) >= 11 is 0. The van der Waals surface area contributed by atoms with Crippen LogP contribution < -0.4 is 5.32 Å². The van der Waals surface area contributed by atoms with Gasteiger partial charge < -0.3 is 5.32 Å². The highest BCUT2D eigenvalue weighted by molar-refractivity contribution is 4.91. The first-order valence-electron chi connectivity index (χ1n) is 7.64. The van der Waals surface area contributed by atoms with Gasteiger partial charge in [0.15, 0.2) is 0 Å². The lowest BCUT2D eigenvalue weighted by Crippen LogP contribution is -2.61. The van der Waals surface area contributed by atoms with Gasteiger partial charge >= 0.3 is 6.18 Å². The van der Waals surface area contributed by atoms with E-state index in [1.807, 2.05) is 6.92 Å². The van der Waals surface area contributed by atoms with Crippen LogP contribution in [0.25, 0.3) is 0 Å². The Bertz CT molecular complexity index is 309. The van der Waals surface area contributed by atoms with E-state index in [4.69, 9.17) is 0 Å². The highest BCUT2D eigenvalue weighted by Crippen LogP contribution is 2.25. The summed E-state index contributed by atoms with van der Waals surface area (Å²) in [7, 11) is 0. The number of nitrogens with zero attached hydrogens (tertiary/aromatic N) is 2. The molecule has 2 saturated heterocycles. The van der Waals surface area contributed by atoms with Crippen molar-refractivity contribution in [2.75, 3.05) is 32.7 Å². The molecule has 0 aliphatic carbocycles. The van der Waals surface area contributed by atoms with Gasteiger partial charge in [0, 0.05) is 37.8 Å². The molecule has 0 radical (unpaired) electrons. The molecule has 20 heavy (non-hydrogen) atoms. The van der Waals surface area contributed by atoms with Crippen molar-refractivity contribution in [3.63, 3.8) is 0 Å². The van der Waals surface area contributed by atoms with Crippen LogP contribution in [-0.2, 0) is 0 Å². The third-order valence-electron chi connectivity index (χ3n) is 4.57. The van der Waals surface area contributed by atoms with Gasteiger partial charge in [-0.25, -0.2) is 0 Å². The molecular formula is C14H26F3N3. The van der Waals surface area contributed by atoms with E-state index in [1.54, 1.807) is 0 Å². The summed E-state index contributed by atoms with van der Waals surface area (Å²) in [4.78, 5) is 4.93. The van der Waals surface area contributed by atoms with Crippen molar-refractivity contribution < 1.29 is 13.2 Å². The van der Waals surface area contributed by atoms with Gasteiger partial charge in [0.05, 0.1) is 6.54 Å². The highest BCUT2D eigenvalue weighted by Gasteiger charge is 2.35. The van der Waals surface area contributed by atoms with Crippen molar-refractivity contribution in [3.05, 3.63) is 0 Å². The van der Waals surface area contributed by atoms with Crippen molar-refractivity contribution >= 4 is 0 Å². The molecule has 0 aromatic heterocycles. The Kier molecular flexibility index (Phi) is 5.31. The largest absolute Gasteiger partial charge is 0.401 e. The van der Waals surface area contributed by atoms with E-state index in [-0.39, 0.29) is 6.04 Å². The topological polar surface area (TPSA) is 18.5 Å². The number of nitrogens with one attached hydrogen (secondary N) is 1. The molecule has 0 saturated carbocycles. The summed E-state index contributed by atoms with van der Waals surface area (Å²) in [6.45, 7) is 6.95. The third kappa shape index (κ3) is 4.33. The second-order valence-electron chi connectivity index (χ2n) is 6.29. The summed E-state index contributed by atoms with van der Waals surface area (Å²) in [6.07, 6.45) is -0.324. The third-order valence-corrected chi connectivity index (χ3v) is 4.57. The maximum Gasteiger partial charge on any atom is 0.401 e. The van der Waals surface area contributed by atoms with Crippen LogP contribution in [0.2, 0.25) is 0 Å². The van der Waals surface area contributed by atoms with E-state index >= 15 is 0 Å². The fraction of sp³-hybridized carbons (Fsp3) is 1.00. The normalized spacial score (nSPS) is 31.1. The number of piperidine rings is 1. The zero-order valence-electron chi connectivity index (χ0n) is 12.4. The average molecular weight is 293 g/mol. The second kappa shape index (κ2) is 6.62. The highest BCUT2D eigenvalue weighted by atomic mass is 19.4. The Morgan fingerprint density at radius 1 is 1.25 bits per heavy atom. The van der Waals surface area contributed by atoms with Crippen LogP contribution in [-0.4, -0.2) is 66.8 Å². The lowest BCUT2D eigenvalue weighted by molar-refractivity contribution is -0.125. The molecule has 2 heterocycles. The Morgan fingerprint density at radius 3 is 2.70 bits per heavy atom. The number of halogens is 3. The van der Waals surface area contributed by atoms with Crippen molar-refractivity contribution in [1.82, 2.24) is 15.1 Å². The zero-order valence-corrected chi connectivity index (χ0v) is 12.4. The fourth-order valence-corrected chi connectivity index (χ4v) is 3.53. The summed E-state index contributed by atoms with van der Waals surface area (Å²) in [5.41, 5.74) is 0. The molecule has 6 heteroatoms. The van der Waals surface area contributed by atoms with Crippen molar-refractivity contribution in [1.29, 1.82) is 0 Å². The monoisotopic (exact) mass is 293 g/mol. The van der Waals surface area contributed by atoms with Crippen LogP contribution in [0.5, 0.6) is 0 Å². The molecule has 3 unspecified atom stereocenters. The number of alkyl halides is 3. The maximum atomic E-state index is 12.2. The summed E-state index contributed by atoms with van der Waals surface area (Å²) in [6, 6.07) is 1.17. The molecule has 0 aromatic rings. The van der Waals surface area contributed by atoms with Crippen molar-refractivity contribution in [2.45, 2.75) is 57.4 Å². The maximum absolute atomic E-state index is 12.2. The van der Waals surface area contributed by atoms with Crippen LogP contribution in [0.3, 0.4) is 0 Å². The molecule has 3 atom stereocenters. The molecule has 0 aromatic carbocycles. The van der Waals surface area contributed by atoms with Crippen LogP contribution >= 0.6 is 0 Å². The first-order valence-corrected chi connectivity index (χ1v) is 7.64. The van der Waals surface area contributed by atoms with Gasteiger partial charge in [0.2, 0.25) is 0 Å². The lowest BCUT2D eigenvalue weighted by atomic mass is 9.96. The Balaban J connectivity index is 1.81. The van der Waals surface area contributed by atoms with Gasteiger partial charge in [-0.05, 0) is 33.2 Å². The molecule has 0 bridgehead atoms. The number of piperazine rings is 1. The van der Waals surface area contributed by atoms with E-state index in [0.29, 0.717) is 18.6 Å². The number of hydrogen-bond donors (Lipinski definition) is 1. The van der Waals surface area contributed by atoms with Crippen LogP contribution in [0, 0.1) is 0 Å².